The van der Waals surface area contributed by atoms with Crippen molar-refractivity contribution in [3.05, 3.63) is 30.3 Å². The third-order valence-corrected chi connectivity index (χ3v) is 5.23. The van der Waals surface area contributed by atoms with Gasteiger partial charge in [-0.05, 0) is 40.1 Å². The highest BCUT2D eigenvalue weighted by Crippen LogP contribution is 2.20. The van der Waals surface area contributed by atoms with E-state index in [9.17, 15) is 4.79 Å². The van der Waals surface area contributed by atoms with E-state index in [0.29, 0.717) is 12.3 Å². The first kappa shape index (κ1) is 19.2. The molecule has 1 aromatic rings. The van der Waals surface area contributed by atoms with Gasteiger partial charge in [-0.2, -0.15) is 0 Å². The number of rotatable bonds is 10. The maximum absolute atomic E-state index is 12.2. The van der Waals surface area contributed by atoms with Crippen LogP contribution in [-0.4, -0.2) is 55.1 Å². The number of carbonyl (C=O) groups is 1. The molecule has 6 heteroatoms. The Labute approximate surface area is 141 Å². The van der Waals surface area contributed by atoms with E-state index in [1.807, 2.05) is 41.1 Å². The average molecular weight is 343 g/mol. The van der Waals surface area contributed by atoms with Crippen molar-refractivity contribution in [2.75, 3.05) is 38.7 Å². The highest BCUT2D eigenvalue weighted by Gasteiger charge is 2.29. The Morgan fingerprint density at radius 3 is 2.45 bits per heavy atom. The van der Waals surface area contributed by atoms with Crippen LogP contribution < -0.4 is 10.1 Å². The van der Waals surface area contributed by atoms with Crippen molar-refractivity contribution in [1.82, 2.24) is 10.2 Å². The van der Waals surface area contributed by atoms with Gasteiger partial charge in [0.2, 0.25) is 0 Å². The van der Waals surface area contributed by atoms with Crippen LogP contribution in [0.4, 0.5) is 0 Å². The Morgan fingerprint density at radius 1 is 1.18 bits per heavy atom. The predicted molar refractivity (Wildman–Crippen MR) is 97.6 cm³/mol. The molecule has 0 spiro atoms. The Morgan fingerprint density at radius 2 is 1.82 bits per heavy atom. The van der Waals surface area contributed by atoms with E-state index in [-0.39, 0.29) is 5.91 Å². The largest absolute Gasteiger partial charge is 0.478 e. The van der Waals surface area contributed by atoms with Crippen LogP contribution in [0.1, 0.15) is 13.8 Å². The lowest BCUT2D eigenvalue weighted by Crippen LogP contribution is -2.47. The summed E-state index contributed by atoms with van der Waals surface area (Å²) >= 11 is 0. The molecule has 0 aliphatic rings. The van der Waals surface area contributed by atoms with E-state index >= 15 is 0 Å². The number of benzene rings is 1. The lowest BCUT2D eigenvalue weighted by molar-refractivity contribution is -0.134. The molecular formula is C16H26N2O2S2. The van der Waals surface area contributed by atoms with Crippen molar-refractivity contribution in [1.29, 1.82) is 0 Å². The molecule has 4 nitrogen and oxygen atoms in total. The van der Waals surface area contributed by atoms with Gasteiger partial charge >= 0.3 is 0 Å². The molecule has 0 saturated carbocycles. The van der Waals surface area contributed by atoms with Crippen LogP contribution in [0, 0.1) is 0 Å². The molecule has 1 N–H and O–H groups in total. The second-order valence-corrected chi connectivity index (χ2v) is 8.33. The van der Waals surface area contributed by atoms with Gasteiger partial charge in [0.25, 0.3) is 5.91 Å². The number of nitrogens with one attached hydrogen (secondary N) is 1. The van der Waals surface area contributed by atoms with Crippen LogP contribution in [-0.2, 0) is 4.79 Å². The van der Waals surface area contributed by atoms with Gasteiger partial charge in [-0.1, -0.05) is 39.8 Å². The fourth-order valence-electron chi connectivity index (χ4n) is 1.59. The number of para-hydroxylation sites is 1. The predicted octanol–water partition coefficient (Wildman–Crippen LogP) is 2.90. The van der Waals surface area contributed by atoms with Crippen LogP contribution in [0.2, 0.25) is 0 Å². The fourth-order valence-corrected chi connectivity index (χ4v) is 3.63. The Bertz CT molecular complexity index is 439. The van der Waals surface area contributed by atoms with E-state index in [4.69, 9.17) is 4.74 Å². The molecule has 0 radical (unpaired) electrons. The van der Waals surface area contributed by atoms with Crippen molar-refractivity contribution in [2.45, 2.75) is 19.4 Å². The van der Waals surface area contributed by atoms with Crippen LogP contribution in [0.5, 0.6) is 5.75 Å². The Kier molecular flexibility index (Phi) is 8.75. The summed E-state index contributed by atoms with van der Waals surface area (Å²) in [6, 6.07) is 9.42. The standard InChI is InChI=1S/C16H26N2O2S2/c1-16(2,20-14-8-6-5-7-9-14)15(19)17-10-12-21-22-13-11-18(3)4/h5-9H,10-13H2,1-4H3,(H,17,19). The molecule has 0 bridgehead atoms. The molecule has 0 aromatic heterocycles. The van der Waals surface area contributed by atoms with Gasteiger partial charge in [0.05, 0.1) is 0 Å². The van der Waals surface area contributed by atoms with Gasteiger partial charge in [0, 0.05) is 24.6 Å². The summed E-state index contributed by atoms with van der Waals surface area (Å²) in [5.74, 6) is 2.60. The van der Waals surface area contributed by atoms with Gasteiger partial charge in [-0.3, -0.25) is 4.79 Å². The van der Waals surface area contributed by atoms with Crippen molar-refractivity contribution >= 4 is 27.5 Å². The molecule has 1 amide bonds. The SMILES string of the molecule is CN(C)CCSSCCNC(=O)C(C)(C)Oc1ccccc1. The minimum absolute atomic E-state index is 0.0877. The minimum atomic E-state index is -0.871. The minimum Gasteiger partial charge on any atom is -0.478 e. The molecular weight excluding hydrogens is 316 g/mol. The molecule has 0 saturated heterocycles. The van der Waals surface area contributed by atoms with Gasteiger partial charge in [0.15, 0.2) is 5.60 Å². The van der Waals surface area contributed by atoms with E-state index in [1.165, 1.54) is 0 Å². The molecule has 0 unspecified atom stereocenters. The third-order valence-electron chi connectivity index (χ3n) is 2.84. The van der Waals surface area contributed by atoms with Crippen LogP contribution in [0.15, 0.2) is 30.3 Å². The topological polar surface area (TPSA) is 41.6 Å². The summed E-state index contributed by atoms with van der Waals surface area (Å²) in [7, 11) is 7.76. The summed E-state index contributed by atoms with van der Waals surface area (Å²) in [6.45, 7) is 5.30. The fraction of sp³-hybridized carbons (Fsp3) is 0.562. The Hall–Kier alpha value is -0.850. The summed E-state index contributed by atoms with van der Waals surface area (Å²) in [5.41, 5.74) is -0.871. The average Bonchev–Trinajstić information content (AvgIpc) is 2.46. The number of carbonyl (C=O) groups excluding carboxylic acids is 1. The zero-order valence-electron chi connectivity index (χ0n) is 13.8. The zero-order valence-corrected chi connectivity index (χ0v) is 15.4. The molecule has 124 valence electrons. The van der Waals surface area contributed by atoms with Crippen LogP contribution in [0.3, 0.4) is 0 Å². The number of hydrogen-bond donors (Lipinski definition) is 1. The maximum Gasteiger partial charge on any atom is 0.263 e. The van der Waals surface area contributed by atoms with Gasteiger partial charge in [-0.15, -0.1) is 0 Å². The Balaban J connectivity index is 2.20. The number of nitrogens with zero attached hydrogens (tertiary/aromatic N) is 1. The first-order valence-electron chi connectivity index (χ1n) is 7.33. The van der Waals surface area contributed by atoms with Crippen molar-refractivity contribution in [3.8, 4) is 5.75 Å². The molecule has 1 rings (SSSR count). The lowest BCUT2D eigenvalue weighted by Gasteiger charge is -2.25. The number of hydrogen-bond acceptors (Lipinski definition) is 5. The highest BCUT2D eigenvalue weighted by atomic mass is 33.1. The molecule has 0 atom stereocenters. The molecule has 0 fully saturated rings. The second kappa shape index (κ2) is 10.0. The summed E-state index contributed by atoms with van der Waals surface area (Å²) in [4.78, 5) is 14.4. The summed E-state index contributed by atoms with van der Waals surface area (Å²) in [6.07, 6.45) is 0. The van der Waals surface area contributed by atoms with Crippen molar-refractivity contribution < 1.29 is 9.53 Å². The lowest BCUT2D eigenvalue weighted by atomic mass is 10.1. The number of amides is 1. The van der Waals surface area contributed by atoms with E-state index in [2.05, 4.69) is 24.3 Å². The van der Waals surface area contributed by atoms with E-state index in [1.54, 1.807) is 24.6 Å². The first-order chi connectivity index (χ1) is 10.4. The molecule has 0 aliphatic heterocycles. The zero-order chi connectivity index (χ0) is 16.4. The van der Waals surface area contributed by atoms with Crippen LogP contribution >= 0.6 is 21.6 Å². The smallest absolute Gasteiger partial charge is 0.263 e. The highest BCUT2D eigenvalue weighted by molar-refractivity contribution is 8.76. The number of ether oxygens (including phenoxy) is 1. The molecule has 22 heavy (non-hydrogen) atoms. The maximum atomic E-state index is 12.2. The van der Waals surface area contributed by atoms with Gasteiger partial charge in [-0.25, -0.2) is 0 Å². The molecule has 0 heterocycles. The van der Waals surface area contributed by atoms with Gasteiger partial charge in [0.1, 0.15) is 5.75 Å². The first-order valence-corrected chi connectivity index (χ1v) is 9.82. The quantitative estimate of drug-likeness (QED) is 0.523. The molecule has 1 aromatic carbocycles. The van der Waals surface area contributed by atoms with Gasteiger partial charge < -0.3 is 15.0 Å². The van der Waals surface area contributed by atoms with Crippen LogP contribution in [0.25, 0.3) is 0 Å². The summed E-state index contributed by atoms with van der Waals surface area (Å²) in [5, 5.41) is 2.93. The monoisotopic (exact) mass is 342 g/mol. The second-order valence-electron chi connectivity index (χ2n) is 5.63. The van der Waals surface area contributed by atoms with Crippen molar-refractivity contribution in [3.63, 3.8) is 0 Å². The van der Waals surface area contributed by atoms with E-state index < -0.39 is 5.60 Å². The summed E-state index contributed by atoms with van der Waals surface area (Å²) < 4.78 is 5.76. The molecule has 0 aliphatic carbocycles. The normalized spacial score (nSPS) is 11.5. The third kappa shape index (κ3) is 7.96. The van der Waals surface area contributed by atoms with E-state index in [0.717, 1.165) is 18.1 Å². The van der Waals surface area contributed by atoms with Crippen molar-refractivity contribution in [2.24, 2.45) is 0 Å².